The molecular formula is C14H17N3O3. The second-order valence-electron chi connectivity index (χ2n) is 5.33. The van der Waals surface area contributed by atoms with Crippen LogP contribution in [-0.4, -0.2) is 28.9 Å². The molecule has 0 spiro atoms. The van der Waals surface area contributed by atoms with Crippen LogP contribution in [0.5, 0.6) is 0 Å². The zero-order valence-corrected chi connectivity index (χ0v) is 12.0. The molecule has 2 aromatic heterocycles. The van der Waals surface area contributed by atoms with Crippen molar-refractivity contribution in [1.82, 2.24) is 10.1 Å². The third-order valence-corrected chi connectivity index (χ3v) is 2.45. The molecule has 0 unspecified atom stereocenters. The summed E-state index contributed by atoms with van der Waals surface area (Å²) < 4.78 is 10.4. The van der Waals surface area contributed by atoms with Crippen LogP contribution in [0.2, 0.25) is 0 Å². The highest BCUT2D eigenvalue weighted by molar-refractivity contribution is 5.86. The Kier molecular flexibility index (Phi) is 3.74. The number of amides is 1. The number of aromatic nitrogens is 2. The Hall–Kier alpha value is -2.37. The second-order valence-corrected chi connectivity index (χ2v) is 5.33. The number of pyridine rings is 1. The van der Waals surface area contributed by atoms with Gasteiger partial charge in [0.2, 0.25) is 5.88 Å². The molecule has 6 nitrogen and oxygen atoms in total. The third kappa shape index (κ3) is 3.34. The normalized spacial score (nSPS) is 11.2. The smallest absolute Gasteiger partial charge is 0.416 e. The van der Waals surface area contributed by atoms with Gasteiger partial charge in [-0.05, 0) is 32.9 Å². The van der Waals surface area contributed by atoms with Gasteiger partial charge in [-0.2, -0.15) is 0 Å². The highest BCUT2D eigenvalue weighted by atomic mass is 16.6. The zero-order chi connectivity index (χ0) is 14.8. The molecule has 2 heterocycles. The van der Waals surface area contributed by atoms with Crippen molar-refractivity contribution >= 4 is 12.0 Å². The van der Waals surface area contributed by atoms with Crippen molar-refractivity contribution in [1.29, 1.82) is 0 Å². The summed E-state index contributed by atoms with van der Waals surface area (Å²) in [6, 6.07) is 5.34. The van der Waals surface area contributed by atoms with Gasteiger partial charge in [-0.1, -0.05) is 5.16 Å². The molecule has 0 saturated heterocycles. The molecule has 0 saturated carbocycles. The molecule has 0 aromatic carbocycles. The summed E-state index contributed by atoms with van der Waals surface area (Å²) in [4.78, 5) is 17.2. The minimum absolute atomic E-state index is 0.318. The summed E-state index contributed by atoms with van der Waals surface area (Å²) in [7, 11) is 1.57. The Balaban J connectivity index is 2.15. The average molecular weight is 275 g/mol. The first-order valence-electron chi connectivity index (χ1n) is 6.20. The van der Waals surface area contributed by atoms with Crippen LogP contribution in [0.15, 0.2) is 35.1 Å². The van der Waals surface area contributed by atoms with Gasteiger partial charge in [0.15, 0.2) is 0 Å². The summed E-state index contributed by atoms with van der Waals surface area (Å²) >= 11 is 0. The summed E-state index contributed by atoms with van der Waals surface area (Å²) in [5.41, 5.74) is 0.876. The van der Waals surface area contributed by atoms with Crippen LogP contribution in [0.25, 0.3) is 11.3 Å². The first-order chi connectivity index (χ1) is 9.37. The molecule has 106 valence electrons. The number of carbonyl (C=O) groups excluding carboxylic acids is 1. The topological polar surface area (TPSA) is 68.5 Å². The van der Waals surface area contributed by atoms with E-state index in [0.717, 1.165) is 5.56 Å². The van der Waals surface area contributed by atoms with E-state index in [0.29, 0.717) is 11.6 Å². The number of rotatable bonds is 2. The maximum atomic E-state index is 11.9. The predicted octanol–water partition coefficient (Wildman–Crippen LogP) is 3.11. The lowest BCUT2D eigenvalue weighted by Crippen LogP contribution is -2.33. The quantitative estimate of drug-likeness (QED) is 0.842. The molecular weight excluding hydrogens is 258 g/mol. The van der Waals surface area contributed by atoms with E-state index in [1.54, 1.807) is 52.3 Å². The van der Waals surface area contributed by atoms with Gasteiger partial charge in [0, 0.05) is 31.1 Å². The van der Waals surface area contributed by atoms with E-state index in [4.69, 9.17) is 9.26 Å². The van der Waals surface area contributed by atoms with Crippen molar-refractivity contribution in [2.45, 2.75) is 26.4 Å². The van der Waals surface area contributed by atoms with Gasteiger partial charge < -0.3 is 9.26 Å². The Morgan fingerprint density at radius 3 is 2.75 bits per heavy atom. The van der Waals surface area contributed by atoms with Gasteiger partial charge in [-0.25, -0.2) is 9.69 Å². The van der Waals surface area contributed by atoms with E-state index in [2.05, 4.69) is 10.1 Å². The molecule has 2 rings (SSSR count). The van der Waals surface area contributed by atoms with Crippen LogP contribution >= 0.6 is 0 Å². The first-order valence-corrected chi connectivity index (χ1v) is 6.20. The molecule has 2 aromatic rings. The number of nitrogens with zero attached hydrogens (tertiary/aromatic N) is 3. The Morgan fingerprint density at radius 2 is 2.15 bits per heavy atom. The fourth-order valence-electron chi connectivity index (χ4n) is 1.49. The van der Waals surface area contributed by atoms with Gasteiger partial charge in [0.05, 0.1) is 0 Å². The molecule has 0 radical (unpaired) electrons. The van der Waals surface area contributed by atoms with Crippen LogP contribution in [-0.2, 0) is 4.74 Å². The van der Waals surface area contributed by atoms with E-state index in [1.807, 2.05) is 6.07 Å². The Morgan fingerprint density at radius 1 is 1.40 bits per heavy atom. The highest BCUT2D eigenvalue weighted by Crippen LogP contribution is 2.23. The third-order valence-electron chi connectivity index (χ3n) is 2.45. The molecule has 6 heteroatoms. The molecule has 0 fully saturated rings. The van der Waals surface area contributed by atoms with E-state index in [-0.39, 0.29) is 0 Å². The average Bonchev–Trinajstić information content (AvgIpc) is 2.86. The molecule has 1 amide bonds. The van der Waals surface area contributed by atoms with E-state index in [1.165, 1.54) is 4.90 Å². The van der Waals surface area contributed by atoms with E-state index >= 15 is 0 Å². The number of anilines is 1. The lowest BCUT2D eigenvalue weighted by atomic mass is 10.2. The van der Waals surface area contributed by atoms with Crippen molar-refractivity contribution in [2.24, 2.45) is 0 Å². The van der Waals surface area contributed by atoms with Gasteiger partial charge in [0.25, 0.3) is 0 Å². The van der Waals surface area contributed by atoms with Crippen LogP contribution in [0.3, 0.4) is 0 Å². The first kappa shape index (κ1) is 14.0. The maximum Gasteiger partial charge on any atom is 0.416 e. The lowest BCUT2D eigenvalue weighted by Gasteiger charge is -2.22. The molecule has 0 bridgehead atoms. The van der Waals surface area contributed by atoms with E-state index < -0.39 is 11.7 Å². The zero-order valence-electron chi connectivity index (χ0n) is 12.0. The molecule has 0 aliphatic heterocycles. The second kappa shape index (κ2) is 5.32. The molecule has 0 aliphatic carbocycles. The van der Waals surface area contributed by atoms with Crippen molar-refractivity contribution in [2.75, 3.05) is 11.9 Å². The van der Waals surface area contributed by atoms with Gasteiger partial charge >= 0.3 is 6.09 Å². The SMILES string of the molecule is CN(C(=O)OC(C)(C)C)c1cc(-c2cccnc2)no1. The lowest BCUT2D eigenvalue weighted by molar-refractivity contribution is 0.0582. The van der Waals surface area contributed by atoms with Crippen LogP contribution in [0.1, 0.15) is 20.8 Å². The molecule has 0 N–H and O–H groups in total. The van der Waals surface area contributed by atoms with Gasteiger partial charge in [0.1, 0.15) is 11.3 Å². The van der Waals surface area contributed by atoms with Crippen LogP contribution in [0.4, 0.5) is 10.7 Å². The maximum absolute atomic E-state index is 11.9. The minimum Gasteiger partial charge on any atom is -0.443 e. The number of hydrogen-bond acceptors (Lipinski definition) is 5. The number of carbonyl (C=O) groups is 1. The van der Waals surface area contributed by atoms with Crippen molar-refractivity contribution < 1.29 is 14.1 Å². The summed E-state index contributed by atoms with van der Waals surface area (Å²) in [5.74, 6) is 0.318. The monoisotopic (exact) mass is 275 g/mol. The largest absolute Gasteiger partial charge is 0.443 e. The summed E-state index contributed by atoms with van der Waals surface area (Å²) in [5, 5.41) is 3.92. The van der Waals surface area contributed by atoms with Crippen molar-refractivity contribution in [3.8, 4) is 11.3 Å². The van der Waals surface area contributed by atoms with Crippen LogP contribution < -0.4 is 4.90 Å². The fraction of sp³-hybridized carbons (Fsp3) is 0.357. The molecule has 0 atom stereocenters. The van der Waals surface area contributed by atoms with E-state index in [9.17, 15) is 4.79 Å². The highest BCUT2D eigenvalue weighted by Gasteiger charge is 2.23. The van der Waals surface area contributed by atoms with Crippen LogP contribution in [0, 0.1) is 0 Å². The van der Waals surface area contributed by atoms with Crippen molar-refractivity contribution in [3.63, 3.8) is 0 Å². The Labute approximate surface area is 117 Å². The molecule has 0 aliphatic rings. The minimum atomic E-state index is -0.558. The molecule has 20 heavy (non-hydrogen) atoms. The predicted molar refractivity (Wildman–Crippen MR) is 74.4 cm³/mol. The van der Waals surface area contributed by atoms with Gasteiger partial charge in [-0.3, -0.25) is 4.98 Å². The summed E-state index contributed by atoms with van der Waals surface area (Å²) in [6.45, 7) is 5.42. The summed E-state index contributed by atoms with van der Waals surface area (Å²) in [6.07, 6.45) is 2.86. The standard InChI is InChI=1S/C14H17N3O3/c1-14(2,3)19-13(18)17(4)12-8-11(16-20-12)10-6-5-7-15-9-10/h5-9H,1-4H3. The number of hydrogen-bond donors (Lipinski definition) is 0. The number of ether oxygens (including phenoxy) is 1. The van der Waals surface area contributed by atoms with Crippen molar-refractivity contribution in [3.05, 3.63) is 30.6 Å². The Bertz CT molecular complexity index is 587. The fourth-order valence-corrected chi connectivity index (χ4v) is 1.49. The van der Waals surface area contributed by atoms with Gasteiger partial charge in [-0.15, -0.1) is 0 Å².